The lowest BCUT2D eigenvalue weighted by atomic mass is 9.98. The summed E-state index contributed by atoms with van der Waals surface area (Å²) in [5.41, 5.74) is 5.27. The molecular weight excluding hydrogens is 444 g/mol. The van der Waals surface area contributed by atoms with Crippen LogP contribution in [0.25, 0.3) is 11.1 Å². The monoisotopic (exact) mass is 468 g/mol. The highest BCUT2D eigenvalue weighted by Crippen LogP contribution is 2.44. The lowest BCUT2D eigenvalue weighted by Gasteiger charge is -2.15. The molecule has 0 radical (unpaired) electrons. The summed E-state index contributed by atoms with van der Waals surface area (Å²) in [7, 11) is 0. The molecule has 0 bridgehead atoms. The SMILES string of the molecule is CC#CCC(NC(=O)c1ccc(NC(=O)OCC2c3ccccc3-c3ccccc32)cc1)C(=O)O. The highest BCUT2D eigenvalue weighted by Gasteiger charge is 2.29. The summed E-state index contributed by atoms with van der Waals surface area (Å²) in [4.78, 5) is 36.1. The van der Waals surface area contributed by atoms with E-state index in [2.05, 4.69) is 46.7 Å². The van der Waals surface area contributed by atoms with E-state index in [0.717, 1.165) is 22.3 Å². The molecule has 0 saturated heterocycles. The van der Waals surface area contributed by atoms with Crippen molar-refractivity contribution >= 4 is 23.7 Å². The van der Waals surface area contributed by atoms with Crippen LogP contribution < -0.4 is 10.6 Å². The number of hydrogen-bond donors (Lipinski definition) is 3. The zero-order chi connectivity index (χ0) is 24.8. The smallest absolute Gasteiger partial charge is 0.411 e. The molecule has 1 aliphatic carbocycles. The van der Waals surface area contributed by atoms with Gasteiger partial charge < -0.3 is 15.2 Å². The van der Waals surface area contributed by atoms with E-state index in [4.69, 9.17) is 4.74 Å². The molecule has 4 rings (SSSR count). The van der Waals surface area contributed by atoms with Crippen LogP contribution in [0.1, 0.15) is 40.7 Å². The van der Waals surface area contributed by atoms with Crippen LogP contribution in [0, 0.1) is 11.8 Å². The second-order valence-corrected chi connectivity index (χ2v) is 8.02. The van der Waals surface area contributed by atoms with Crippen molar-refractivity contribution in [1.82, 2.24) is 5.32 Å². The summed E-state index contributed by atoms with van der Waals surface area (Å²) >= 11 is 0. The van der Waals surface area contributed by atoms with E-state index in [9.17, 15) is 19.5 Å². The minimum Gasteiger partial charge on any atom is -0.480 e. The number of amides is 2. The normalized spacial score (nSPS) is 12.4. The van der Waals surface area contributed by atoms with Gasteiger partial charge in [0.2, 0.25) is 0 Å². The van der Waals surface area contributed by atoms with Crippen LogP contribution in [-0.4, -0.2) is 35.7 Å². The van der Waals surface area contributed by atoms with Crippen LogP contribution in [0.15, 0.2) is 72.8 Å². The number of benzene rings is 3. The van der Waals surface area contributed by atoms with Gasteiger partial charge in [0.05, 0.1) is 0 Å². The fraction of sp³-hybridized carbons (Fsp3) is 0.179. The van der Waals surface area contributed by atoms with Crippen molar-refractivity contribution in [3.05, 3.63) is 89.5 Å². The van der Waals surface area contributed by atoms with E-state index in [-0.39, 0.29) is 24.5 Å². The van der Waals surface area contributed by atoms with Crippen LogP contribution in [0.4, 0.5) is 10.5 Å². The molecular formula is C28H24N2O5. The Morgan fingerprint density at radius 2 is 1.54 bits per heavy atom. The first kappa shape index (κ1) is 23.6. The molecule has 0 heterocycles. The van der Waals surface area contributed by atoms with Gasteiger partial charge in [0.25, 0.3) is 5.91 Å². The number of fused-ring (bicyclic) bond motifs is 3. The maximum Gasteiger partial charge on any atom is 0.411 e. The third kappa shape index (κ3) is 5.33. The van der Waals surface area contributed by atoms with Gasteiger partial charge in [0.1, 0.15) is 12.6 Å². The maximum atomic E-state index is 12.4. The Morgan fingerprint density at radius 3 is 2.11 bits per heavy atom. The Morgan fingerprint density at radius 1 is 0.943 bits per heavy atom. The van der Waals surface area contributed by atoms with E-state index >= 15 is 0 Å². The zero-order valence-electron chi connectivity index (χ0n) is 19.1. The standard InChI is InChI=1S/C28H24N2O5/c1-2-3-12-25(27(32)33)30-26(31)18-13-15-19(16-14-18)29-28(34)35-17-24-22-10-6-4-8-20(22)21-9-5-7-11-23(21)24/h4-11,13-16,24-25H,12,17H2,1H3,(H,29,34)(H,30,31)(H,32,33). The molecule has 1 unspecified atom stereocenters. The van der Waals surface area contributed by atoms with Crippen LogP contribution in [0.2, 0.25) is 0 Å². The largest absolute Gasteiger partial charge is 0.480 e. The molecule has 176 valence electrons. The molecule has 7 nitrogen and oxygen atoms in total. The van der Waals surface area contributed by atoms with E-state index in [1.54, 1.807) is 19.1 Å². The summed E-state index contributed by atoms with van der Waals surface area (Å²) in [6.07, 6.45) is -0.591. The lowest BCUT2D eigenvalue weighted by molar-refractivity contribution is -0.139. The van der Waals surface area contributed by atoms with Gasteiger partial charge in [-0.25, -0.2) is 9.59 Å². The van der Waals surface area contributed by atoms with Gasteiger partial charge in [-0.15, -0.1) is 11.8 Å². The highest BCUT2D eigenvalue weighted by atomic mass is 16.5. The minimum absolute atomic E-state index is 0.0129. The molecule has 2 amide bonds. The van der Waals surface area contributed by atoms with Crippen molar-refractivity contribution in [2.75, 3.05) is 11.9 Å². The molecule has 0 aliphatic heterocycles. The first-order valence-electron chi connectivity index (χ1n) is 11.1. The Hall–Kier alpha value is -4.57. The number of nitrogens with one attached hydrogen (secondary N) is 2. The average Bonchev–Trinajstić information content (AvgIpc) is 3.19. The summed E-state index contributed by atoms with van der Waals surface area (Å²) < 4.78 is 5.53. The molecule has 3 aromatic carbocycles. The maximum absolute atomic E-state index is 12.4. The molecule has 0 spiro atoms. The van der Waals surface area contributed by atoms with Gasteiger partial charge in [-0.1, -0.05) is 48.5 Å². The third-order valence-electron chi connectivity index (χ3n) is 5.82. The number of aliphatic carboxylic acids is 1. The van der Waals surface area contributed by atoms with Gasteiger partial charge in [-0.05, 0) is 53.4 Å². The Balaban J connectivity index is 1.35. The van der Waals surface area contributed by atoms with Gasteiger partial charge in [0, 0.05) is 23.6 Å². The predicted molar refractivity (Wildman–Crippen MR) is 132 cm³/mol. The van der Waals surface area contributed by atoms with Crippen LogP contribution in [-0.2, 0) is 9.53 Å². The van der Waals surface area contributed by atoms with Gasteiger partial charge in [0.15, 0.2) is 0 Å². The van der Waals surface area contributed by atoms with Crippen molar-refractivity contribution in [1.29, 1.82) is 0 Å². The number of carbonyl (C=O) groups excluding carboxylic acids is 2. The molecule has 7 heteroatoms. The van der Waals surface area contributed by atoms with Crippen molar-refractivity contribution in [3.8, 4) is 23.0 Å². The summed E-state index contributed by atoms with van der Waals surface area (Å²) in [6, 6.07) is 21.2. The zero-order valence-corrected chi connectivity index (χ0v) is 19.1. The topological polar surface area (TPSA) is 105 Å². The molecule has 3 aromatic rings. The van der Waals surface area contributed by atoms with E-state index in [1.165, 1.54) is 12.1 Å². The average molecular weight is 469 g/mol. The number of carboxylic acids is 1. The molecule has 0 aromatic heterocycles. The van der Waals surface area contributed by atoms with Crippen LogP contribution in [0.5, 0.6) is 0 Å². The molecule has 1 atom stereocenters. The second kappa shape index (κ2) is 10.6. The van der Waals surface area contributed by atoms with Crippen LogP contribution in [0.3, 0.4) is 0 Å². The fourth-order valence-corrected chi connectivity index (χ4v) is 4.10. The van der Waals surface area contributed by atoms with Crippen molar-refractivity contribution in [3.63, 3.8) is 0 Å². The first-order valence-corrected chi connectivity index (χ1v) is 11.1. The summed E-state index contributed by atoms with van der Waals surface area (Å²) in [5, 5.41) is 14.3. The molecule has 35 heavy (non-hydrogen) atoms. The van der Waals surface area contributed by atoms with Crippen molar-refractivity contribution in [2.45, 2.75) is 25.3 Å². The van der Waals surface area contributed by atoms with E-state index < -0.39 is 24.0 Å². The van der Waals surface area contributed by atoms with Gasteiger partial charge >= 0.3 is 12.1 Å². The van der Waals surface area contributed by atoms with Crippen molar-refractivity contribution < 1.29 is 24.2 Å². The summed E-state index contributed by atoms with van der Waals surface area (Å²) in [6.45, 7) is 1.79. The number of carbonyl (C=O) groups is 3. The number of anilines is 1. The number of rotatable bonds is 7. The first-order chi connectivity index (χ1) is 17.0. The second-order valence-electron chi connectivity index (χ2n) is 8.02. The molecule has 0 fully saturated rings. The fourth-order valence-electron chi connectivity index (χ4n) is 4.10. The third-order valence-corrected chi connectivity index (χ3v) is 5.82. The van der Waals surface area contributed by atoms with Crippen molar-refractivity contribution in [2.24, 2.45) is 0 Å². The molecule has 1 aliphatic rings. The Labute approximate surface area is 203 Å². The van der Waals surface area contributed by atoms with Gasteiger partial charge in [-0.3, -0.25) is 10.1 Å². The van der Waals surface area contributed by atoms with E-state index in [1.807, 2.05) is 24.3 Å². The molecule has 0 saturated carbocycles. The van der Waals surface area contributed by atoms with Crippen LogP contribution >= 0.6 is 0 Å². The molecule has 3 N–H and O–H groups in total. The van der Waals surface area contributed by atoms with Gasteiger partial charge in [-0.2, -0.15) is 0 Å². The Bertz CT molecular complexity index is 1280. The quantitative estimate of drug-likeness (QED) is 0.438. The number of hydrogen-bond acceptors (Lipinski definition) is 4. The Kier molecular flexibility index (Phi) is 7.12. The lowest BCUT2D eigenvalue weighted by Crippen LogP contribution is -2.40. The number of carboxylic acid groups (broad SMARTS) is 1. The minimum atomic E-state index is -1.16. The van der Waals surface area contributed by atoms with E-state index in [0.29, 0.717) is 5.69 Å². The predicted octanol–water partition coefficient (Wildman–Crippen LogP) is 4.64. The number of ether oxygens (including phenoxy) is 1. The summed E-state index contributed by atoms with van der Waals surface area (Å²) in [5.74, 6) is 3.53. The highest BCUT2D eigenvalue weighted by molar-refractivity contribution is 5.97.